The summed E-state index contributed by atoms with van der Waals surface area (Å²) in [6.07, 6.45) is 7.59. The zero-order chi connectivity index (χ0) is 13.8. The summed E-state index contributed by atoms with van der Waals surface area (Å²) < 4.78 is 7.44. The van der Waals surface area contributed by atoms with Gasteiger partial charge in [0.05, 0.1) is 12.4 Å². The van der Waals surface area contributed by atoms with Crippen LogP contribution >= 0.6 is 0 Å². The van der Waals surface area contributed by atoms with Crippen molar-refractivity contribution >= 4 is 5.91 Å². The highest BCUT2D eigenvalue weighted by atomic mass is 16.5. The third kappa shape index (κ3) is 3.72. The van der Waals surface area contributed by atoms with Crippen molar-refractivity contribution in [2.75, 3.05) is 0 Å². The van der Waals surface area contributed by atoms with Crippen molar-refractivity contribution in [2.24, 2.45) is 0 Å². The van der Waals surface area contributed by atoms with E-state index in [1.807, 2.05) is 24.7 Å². The van der Waals surface area contributed by atoms with Gasteiger partial charge in [0, 0.05) is 12.1 Å². The zero-order valence-electron chi connectivity index (χ0n) is 11.9. The molecule has 0 saturated heterocycles. The molecule has 1 aliphatic rings. The lowest BCUT2D eigenvalue weighted by Gasteiger charge is -2.17. The van der Waals surface area contributed by atoms with E-state index in [-0.39, 0.29) is 5.91 Å². The number of hydrogen-bond acceptors (Lipinski definition) is 3. The lowest BCUT2D eigenvalue weighted by molar-refractivity contribution is -0.127. The van der Waals surface area contributed by atoms with Crippen molar-refractivity contribution in [3.8, 4) is 5.75 Å². The quantitative estimate of drug-likeness (QED) is 0.888. The van der Waals surface area contributed by atoms with Crippen LogP contribution in [0.1, 0.15) is 52.5 Å². The van der Waals surface area contributed by atoms with E-state index in [9.17, 15) is 4.79 Å². The normalized spacial score (nSPS) is 17.7. The molecule has 0 bridgehead atoms. The van der Waals surface area contributed by atoms with E-state index in [1.54, 1.807) is 13.1 Å². The van der Waals surface area contributed by atoms with E-state index in [4.69, 9.17) is 4.74 Å². The van der Waals surface area contributed by atoms with Crippen molar-refractivity contribution in [2.45, 2.75) is 64.6 Å². The Bertz CT molecular complexity index is 422. The summed E-state index contributed by atoms with van der Waals surface area (Å²) in [5.74, 6) is 0.604. The maximum Gasteiger partial charge on any atom is 0.260 e. The molecule has 1 atom stereocenters. The van der Waals surface area contributed by atoms with Gasteiger partial charge in [-0.2, -0.15) is 5.10 Å². The molecule has 1 saturated carbocycles. The number of hydrogen-bond donors (Lipinski definition) is 1. The average molecular weight is 265 g/mol. The first-order valence-electron chi connectivity index (χ1n) is 7.07. The first-order chi connectivity index (χ1) is 9.06. The fourth-order valence-electron chi connectivity index (χ4n) is 2.31. The Hall–Kier alpha value is -1.52. The number of rotatable bonds is 5. The summed E-state index contributed by atoms with van der Waals surface area (Å²) in [5.41, 5.74) is 0. The highest BCUT2D eigenvalue weighted by Gasteiger charge is 2.21. The van der Waals surface area contributed by atoms with Crippen molar-refractivity contribution < 1.29 is 9.53 Å². The Morgan fingerprint density at radius 3 is 2.68 bits per heavy atom. The molecule has 0 radical (unpaired) electrons. The molecule has 1 unspecified atom stereocenters. The molecular weight excluding hydrogens is 242 g/mol. The van der Waals surface area contributed by atoms with E-state index in [1.165, 1.54) is 12.8 Å². The van der Waals surface area contributed by atoms with Gasteiger partial charge in [-0.3, -0.25) is 9.48 Å². The predicted octanol–water partition coefficient (Wildman–Crippen LogP) is 2.29. The Morgan fingerprint density at radius 1 is 1.42 bits per heavy atom. The van der Waals surface area contributed by atoms with E-state index < -0.39 is 6.10 Å². The lowest BCUT2D eigenvalue weighted by Crippen LogP contribution is -2.41. The highest BCUT2D eigenvalue weighted by Crippen LogP contribution is 2.18. The number of carbonyl (C=O) groups is 1. The van der Waals surface area contributed by atoms with Crippen LogP contribution in [0, 0.1) is 0 Å². The molecule has 2 rings (SSSR count). The number of nitrogens with zero attached hydrogens (tertiary/aromatic N) is 2. The van der Waals surface area contributed by atoms with Gasteiger partial charge >= 0.3 is 0 Å². The number of amides is 1. The maximum atomic E-state index is 12.0. The van der Waals surface area contributed by atoms with E-state index in [0.717, 1.165) is 12.8 Å². The number of carbonyl (C=O) groups excluding carboxylic acids is 1. The molecule has 1 amide bonds. The van der Waals surface area contributed by atoms with Crippen molar-refractivity contribution in [1.82, 2.24) is 15.1 Å². The Balaban J connectivity index is 1.84. The first-order valence-corrected chi connectivity index (χ1v) is 7.07. The standard InChI is InChI=1S/C14H23N3O2/c1-10(2)17-9-13(8-15-17)19-11(3)14(18)16-12-6-4-5-7-12/h8-12H,4-7H2,1-3H3,(H,16,18). The van der Waals surface area contributed by atoms with Crippen LogP contribution in [0.4, 0.5) is 0 Å². The number of nitrogens with one attached hydrogen (secondary N) is 1. The minimum atomic E-state index is -0.481. The minimum Gasteiger partial charge on any atom is -0.478 e. The molecule has 1 aromatic rings. The topological polar surface area (TPSA) is 56.2 Å². The second-order valence-corrected chi connectivity index (χ2v) is 5.50. The monoisotopic (exact) mass is 265 g/mol. The predicted molar refractivity (Wildman–Crippen MR) is 73.1 cm³/mol. The van der Waals surface area contributed by atoms with Gasteiger partial charge in [0.1, 0.15) is 0 Å². The molecule has 1 aromatic heterocycles. The molecule has 0 aromatic carbocycles. The molecule has 1 heterocycles. The van der Waals surface area contributed by atoms with Crippen LogP contribution in [-0.4, -0.2) is 27.8 Å². The fourth-order valence-corrected chi connectivity index (χ4v) is 2.31. The molecule has 5 nitrogen and oxygen atoms in total. The van der Waals surface area contributed by atoms with Crippen LogP contribution in [0.2, 0.25) is 0 Å². The van der Waals surface area contributed by atoms with Gasteiger partial charge < -0.3 is 10.1 Å². The van der Waals surface area contributed by atoms with Crippen molar-refractivity contribution in [3.05, 3.63) is 12.4 Å². The van der Waals surface area contributed by atoms with Crippen LogP contribution < -0.4 is 10.1 Å². The van der Waals surface area contributed by atoms with Gasteiger partial charge in [-0.25, -0.2) is 0 Å². The van der Waals surface area contributed by atoms with Gasteiger partial charge in [0.25, 0.3) is 5.91 Å². The van der Waals surface area contributed by atoms with Gasteiger partial charge in [0.2, 0.25) is 0 Å². The van der Waals surface area contributed by atoms with Crippen molar-refractivity contribution in [1.29, 1.82) is 0 Å². The lowest BCUT2D eigenvalue weighted by atomic mass is 10.2. The molecule has 106 valence electrons. The Kier molecular flexibility index (Phi) is 4.45. The molecule has 0 aliphatic heterocycles. The molecule has 5 heteroatoms. The highest BCUT2D eigenvalue weighted by molar-refractivity contribution is 5.81. The summed E-state index contributed by atoms with van der Waals surface area (Å²) >= 11 is 0. The molecular formula is C14H23N3O2. The summed E-state index contributed by atoms with van der Waals surface area (Å²) in [6.45, 7) is 5.87. The van der Waals surface area contributed by atoms with Crippen LogP contribution in [0.25, 0.3) is 0 Å². The fraction of sp³-hybridized carbons (Fsp3) is 0.714. The molecule has 19 heavy (non-hydrogen) atoms. The van der Waals surface area contributed by atoms with E-state index in [2.05, 4.69) is 10.4 Å². The zero-order valence-corrected chi connectivity index (χ0v) is 11.9. The Labute approximate surface area is 114 Å². The van der Waals surface area contributed by atoms with Gasteiger partial charge in [-0.1, -0.05) is 12.8 Å². The van der Waals surface area contributed by atoms with Gasteiger partial charge in [-0.05, 0) is 33.6 Å². The molecule has 0 spiro atoms. The van der Waals surface area contributed by atoms with Gasteiger partial charge in [-0.15, -0.1) is 0 Å². The minimum absolute atomic E-state index is 0.0378. The van der Waals surface area contributed by atoms with Crippen LogP contribution in [-0.2, 0) is 4.79 Å². The van der Waals surface area contributed by atoms with Crippen LogP contribution in [0.3, 0.4) is 0 Å². The largest absolute Gasteiger partial charge is 0.478 e. The third-order valence-corrected chi connectivity index (χ3v) is 3.49. The third-order valence-electron chi connectivity index (χ3n) is 3.49. The summed E-state index contributed by atoms with van der Waals surface area (Å²) in [4.78, 5) is 12.0. The summed E-state index contributed by atoms with van der Waals surface area (Å²) in [6, 6.07) is 0.622. The number of aromatic nitrogens is 2. The molecule has 1 N–H and O–H groups in total. The van der Waals surface area contributed by atoms with E-state index in [0.29, 0.717) is 17.8 Å². The SMILES string of the molecule is CC(Oc1cnn(C(C)C)c1)C(=O)NC1CCCC1. The summed E-state index contributed by atoms with van der Waals surface area (Å²) in [7, 11) is 0. The number of ether oxygens (including phenoxy) is 1. The molecule has 1 aliphatic carbocycles. The van der Waals surface area contributed by atoms with Gasteiger partial charge in [0.15, 0.2) is 11.9 Å². The second kappa shape index (κ2) is 6.08. The Morgan fingerprint density at radius 2 is 2.11 bits per heavy atom. The van der Waals surface area contributed by atoms with E-state index >= 15 is 0 Å². The van der Waals surface area contributed by atoms with Crippen molar-refractivity contribution in [3.63, 3.8) is 0 Å². The second-order valence-electron chi connectivity index (χ2n) is 5.50. The molecule has 1 fully saturated rings. The van der Waals surface area contributed by atoms with Crippen LogP contribution in [0.5, 0.6) is 5.75 Å². The summed E-state index contributed by atoms with van der Waals surface area (Å²) in [5, 5.41) is 7.23. The average Bonchev–Trinajstić information content (AvgIpc) is 2.99. The maximum absolute atomic E-state index is 12.0. The smallest absolute Gasteiger partial charge is 0.260 e. The first kappa shape index (κ1) is 13.9. The van der Waals surface area contributed by atoms with Crippen LogP contribution in [0.15, 0.2) is 12.4 Å².